The first-order valence-corrected chi connectivity index (χ1v) is 8.38. The molecule has 0 saturated carbocycles. The third kappa shape index (κ3) is 4.05. The maximum atomic E-state index is 12.3. The standard InChI is InChI=1S/C16H19N3O3S/c1-9-4-12(22-13-5-11(3)21-7-13)6-14(17-9)15(20)19-16-18-10(2)8-23-16/h4,6,8,11,13H,5,7H2,1-3H3,(H,18,19,20)/t11-,13+/m1/s1. The van der Waals surface area contributed by atoms with Crippen LogP contribution in [0.3, 0.4) is 0 Å². The molecule has 0 aliphatic carbocycles. The van der Waals surface area contributed by atoms with Gasteiger partial charge in [-0.15, -0.1) is 11.3 Å². The summed E-state index contributed by atoms with van der Waals surface area (Å²) in [5, 5.41) is 5.21. The van der Waals surface area contributed by atoms with Gasteiger partial charge >= 0.3 is 0 Å². The zero-order chi connectivity index (χ0) is 16.4. The van der Waals surface area contributed by atoms with Crippen molar-refractivity contribution >= 4 is 22.4 Å². The van der Waals surface area contributed by atoms with Crippen molar-refractivity contribution < 1.29 is 14.3 Å². The van der Waals surface area contributed by atoms with Crippen LogP contribution in [0.4, 0.5) is 5.13 Å². The molecule has 2 aromatic heterocycles. The van der Waals surface area contributed by atoms with Crippen molar-refractivity contribution in [1.82, 2.24) is 9.97 Å². The Balaban J connectivity index is 1.72. The van der Waals surface area contributed by atoms with Crippen LogP contribution < -0.4 is 10.1 Å². The second-order valence-corrected chi connectivity index (χ2v) is 6.56. The van der Waals surface area contributed by atoms with Gasteiger partial charge in [-0.2, -0.15) is 0 Å². The number of aryl methyl sites for hydroxylation is 2. The maximum absolute atomic E-state index is 12.3. The summed E-state index contributed by atoms with van der Waals surface area (Å²) in [4.78, 5) is 20.8. The van der Waals surface area contributed by atoms with E-state index in [-0.39, 0.29) is 18.1 Å². The minimum atomic E-state index is -0.288. The summed E-state index contributed by atoms with van der Waals surface area (Å²) < 4.78 is 11.4. The highest BCUT2D eigenvalue weighted by Crippen LogP contribution is 2.22. The Morgan fingerprint density at radius 2 is 2.17 bits per heavy atom. The molecule has 23 heavy (non-hydrogen) atoms. The van der Waals surface area contributed by atoms with Crippen LogP contribution in [0.2, 0.25) is 0 Å². The molecule has 0 aromatic carbocycles. The summed E-state index contributed by atoms with van der Waals surface area (Å²) >= 11 is 1.39. The first-order chi connectivity index (χ1) is 11.0. The number of carbonyl (C=O) groups excluding carboxylic acids is 1. The highest BCUT2D eigenvalue weighted by atomic mass is 32.1. The van der Waals surface area contributed by atoms with Crippen LogP contribution in [0, 0.1) is 13.8 Å². The summed E-state index contributed by atoms with van der Waals surface area (Å²) in [6.07, 6.45) is 1.07. The number of hydrogen-bond donors (Lipinski definition) is 1. The summed E-state index contributed by atoms with van der Waals surface area (Å²) in [6, 6.07) is 3.49. The normalized spacial score (nSPS) is 20.5. The lowest BCUT2D eigenvalue weighted by molar-refractivity contribution is 0.101. The third-order valence-corrected chi connectivity index (χ3v) is 4.34. The highest BCUT2D eigenvalue weighted by molar-refractivity contribution is 7.13. The van der Waals surface area contributed by atoms with Gasteiger partial charge in [-0.05, 0) is 20.8 Å². The molecule has 122 valence electrons. The molecule has 1 amide bonds. The molecule has 0 bridgehead atoms. The molecule has 1 saturated heterocycles. The SMILES string of the molecule is Cc1cc(O[C@@H]2CO[C@H](C)C2)cc(C(=O)Nc2nc(C)cs2)n1. The smallest absolute Gasteiger partial charge is 0.276 e. The van der Waals surface area contributed by atoms with Crippen LogP contribution >= 0.6 is 11.3 Å². The molecule has 2 aromatic rings. The number of nitrogens with zero attached hydrogens (tertiary/aromatic N) is 2. The molecule has 0 unspecified atom stereocenters. The first kappa shape index (κ1) is 15.9. The Bertz CT molecular complexity index is 716. The number of anilines is 1. The Morgan fingerprint density at radius 1 is 1.35 bits per heavy atom. The zero-order valence-corrected chi connectivity index (χ0v) is 14.1. The van der Waals surface area contributed by atoms with Crippen molar-refractivity contribution in [2.75, 3.05) is 11.9 Å². The number of carbonyl (C=O) groups is 1. The topological polar surface area (TPSA) is 73.3 Å². The van der Waals surface area contributed by atoms with Crippen LogP contribution in [-0.2, 0) is 4.74 Å². The van der Waals surface area contributed by atoms with Crippen LogP contribution in [0.15, 0.2) is 17.5 Å². The minimum absolute atomic E-state index is 0.0179. The minimum Gasteiger partial charge on any atom is -0.488 e. The van der Waals surface area contributed by atoms with Crippen molar-refractivity contribution in [3.63, 3.8) is 0 Å². The van der Waals surface area contributed by atoms with E-state index < -0.39 is 0 Å². The molecule has 3 heterocycles. The fourth-order valence-electron chi connectivity index (χ4n) is 2.45. The van der Waals surface area contributed by atoms with Gasteiger partial charge in [0.15, 0.2) is 5.13 Å². The molecular formula is C16H19N3O3S. The lowest BCUT2D eigenvalue weighted by Crippen LogP contribution is -2.18. The molecule has 1 aliphatic rings. The van der Waals surface area contributed by atoms with Crippen molar-refractivity contribution in [1.29, 1.82) is 0 Å². The van der Waals surface area contributed by atoms with Crippen molar-refractivity contribution in [3.05, 3.63) is 34.6 Å². The van der Waals surface area contributed by atoms with E-state index in [2.05, 4.69) is 15.3 Å². The molecule has 2 atom stereocenters. The fraction of sp³-hybridized carbons (Fsp3) is 0.438. The molecule has 1 aliphatic heterocycles. The monoisotopic (exact) mass is 333 g/mol. The molecular weight excluding hydrogens is 314 g/mol. The Morgan fingerprint density at radius 3 is 2.83 bits per heavy atom. The quantitative estimate of drug-likeness (QED) is 0.931. The number of amides is 1. The predicted octanol–water partition coefficient (Wildman–Crippen LogP) is 2.96. The summed E-state index contributed by atoms with van der Waals surface area (Å²) in [5.74, 6) is 0.351. The van der Waals surface area contributed by atoms with Crippen LogP contribution in [0.1, 0.15) is 35.2 Å². The highest BCUT2D eigenvalue weighted by Gasteiger charge is 2.24. The van der Waals surface area contributed by atoms with E-state index in [9.17, 15) is 4.79 Å². The van der Waals surface area contributed by atoms with E-state index in [0.717, 1.165) is 17.8 Å². The second-order valence-electron chi connectivity index (χ2n) is 5.70. The van der Waals surface area contributed by atoms with Crippen LogP contribution in [-0.4, -0.2) is 34.7 Å². The number of ether oxygens (including phenoxy) is 2. The van der Waals surface area contributed by atoms with Crippen LogP contribution in [0.5, 0.6) is 5.75 Å². The lowest BCUT2D eigenvalue weighted by Gasteiger charge is -2.13. The van der Waals surface area contributed by atoms with Gasteiger partial charge in [0.2, 0.25) is 0 Å². The Labute approximate surface area is 138 Å². The van der Waals surface area contributed by atoms with Crippen molar-refractivity contribution in [2.24, 2.45) is 0 Å². The largest absolute Gasteiger partial charge is 0.488 e. The van der Waals surface area contributed by atoms with Gasteiger partial charge in [-0.1, -0.05) is 0 Å². The summed E-state index contributed by atoms with van der Waals surface area (Å²) in [6.45, 7) is 6.32. The number of aromatic nitrogens is 2. The van der Waals surface area contributed by atoms with Gasteiger partial charge in [0.1, 0.15) is 17.5 Å². The third-order valence-electron chi connectivity index (χ3n) is 3.46. The van der Waals surface area contributed by atoms with E-state index >= 15 is 0 Å². The lowest BCUT2D eigenvalue weighted by atomic mass is 10.2. The number of pyridine rings is 1. The maximum Gasteiger partial charge on any atom is 0.276 e. The number of hydrogen-bond acceptors (Lipinski definition) is 6. The van der Waals surface area contributed by atoms with E-state index in [1.54, 1.807) is 6.07 Å². The van der Waals surface area contributed by atoms with E-state index in [4.69, 9.17) is 9.47 Å². The van der Waals surface area contributed by atoms with Crippen LogP contribution in [0.25, 0.3) is 0 Å². The molecule has 6 nitrogen and oxygen atoms in total. The molecule has 1 fully saturated rings. The zero-order valence-electron chi connectivity index (χ0n) is 13.3. The molecule has 7 heteroatoms. The van der Waals surface area contributed by atoms with E-state index in [0.29, 0.717) is 23.2 Å². The van der Waals surface area contributed by atoms with Gasteiger partial charge in [0.25, 0.3) is 5.91 Å². The van der Waals surface area contributed by atoms with Gasteiger partial charge in [-0.3, -0.25) is 10.1 Å². The summed E-state index contributed by atoms with van der Waals surface area (Å²) in [7, 11) is 0. The Kier molecular flexibility index (Phi) is 4.58. The number of nitrogens with one attached hydrogen (secondary N) is 1. The molecule has 0 radical (unpaired) electrons. The van der Waals surface area contributed by atoms with Gasteiger partial charge in [-0.25, -0.2) is 9.97 Å². The average molecular weight is 333 g/mol. The Hall–Kier alpha value is -1.99. The van der Waals surface area contributed by atoms with E-state index in [1.165, 1.54) is 11.3 Å². The fourth-order valence-corrected chi connectivity index (χ4v) is 3.13. The van der Waals surface area contributed by atoms with Gasteiger partial charge in [0, 0.05) is 29.6 Å². The summed E-state index contributed by atoms with van der Waals surface area (Å²) in [5.41, 5.74) is 1.93. The van der Waals surface area contributed by atoms with Gasteiger partial charge < -0.3 is 9.47 Å². The number of thiazole rings is 1. The first-order valence-electron chi connectivity index (χ1n) is 7.50. The predicted molar refractivity (Wildman–Crippen MR) is 88.2 cm³/mol. The number of rotatable bonds is 4. The molecule has 0 spiro atoms. The average Bonchev–Trinajstić information content (AvgIpc) is 3.07. The molecule has 1 N–H and O–H groups in total. The van der Waals surface area contributed by atoms with Crippen molar-refractivity contribution in [2.45, 2.75) is 39.4 Å². The second kappa shape index (κ2) is 6.64. The molecule has 3 rings (SSSR count). The van der Waals surface area contributed by atoms with Gasteiger partial charge in [0.05, 0.1) is 18.4 Å². The van der Waals surface area contributed by atoms with Crippen molar-refractivity contribution in [3.8, 4) is 5.75 Å². The van der Waals surface area contributed by atoms with E-state index in [1.807, 2.05) is 32.2 Å².